The van der Waals surface area contributed by atoms with E-state index in [0.717, 1.165) is 24.8 Å². The minimum Gasteiger partial charge on any atom is -0.493 e. The van der Waals surface area contributed by atoms with Crippen LogP contribution in [0.5, 0.6) is 5.75 Å². The Balaban J connectivity index is 1.55. The van der Waals surface area contributed by atoms with Crippen molar-refractivity contribution in [2.24, 2.45) is 5.92 Å². The molecule has 0 spiro atoms. The molecule has 98 valence electrons. The van der Waals surface area contributed by atoms with Crippen molar-refractivity contribution in [3.05, 3.63) is 29.8 Å². The Morgan fingerprint density at radius 1 is 1.28 bits per heavy atom. The molecule has 2 heteroatoms. The summed E-state index contributed by atoms with van der Waals surface area (Å²) in [5, 5.41) is 3.73. The van der Waals surface area contributed by atoms with Gasteiger partial charge in [0.15, 0.2) is 0 Å². The number of fused-ring (bicyclic) bond motifs is 1. The number of hydrogen-bond donors (Lipinski definition) is 1. The topological polar surface area (TPSA) is 21.3 Å². The summed E-state index contributed by atoms with van der Waals surface area (Å²) < 4.78 is 5.73. The quantitative estimate of drug-likeness (QED) is 0.878. The molecule has 2 nitrogen and oxygen atoms in total. The van der Waals surface area contributed by atoms with Gasteiger partial charge in [-0.2, -0.15) is 0 Å². The van der Waals surface area contributed by atoms with Crippen molar-refractivity contribution in [3.8, 4) is 5.75 Å². The maximum atomic E-state index is 5.73. The molecule has 1 aromatic rings. The third-order valence-corrected chi connectivity index (χ3v) is 4.59. The van der Waals surface area contributed by atoms with Crippen molar-refractivity contribution in [1.29, 1.82) is 0 Å². The summed E-state index contributed by atoms with van der Waals surface area (Å²) in [6, 6.07) is 9.10. The standard InChI is InChI=1S/C16H23NO/c1-12(13-6-2-3-7-13)17-10-14-11-18-16-9-5-4-8-15(14)16/h4-5,8-9,12-14,17H,2-3,6-7,10-11H2,1H3/t12-,14?/m1/s1. The minimum absolute atomic E-state index is 0.532. The lowest BCUT2D eigenvalue weighted by atomic mass is 9.97. The molecule has 0 amide bonds. The van der Waals surface area contributed by atoms with Crippen LogP contribution in [0.25, 0.3) is 0 Å². The number of para-hydroxylation sites is 1. The van der Waals surface area contributed by atoms with E-state index in [1.165, 1.54) is 31.2 Å². The van der Waals surface area contributed by atoms with Crippen molar-refractivity contribution in [1.82, 2.24) is 5.32 Å². The van der Waals surface area contributed by atoms with Crippen molar-refractivity contribution in [3.63, 3.8) is 0 Å². The van der Waals surface area contributed by atoms with Crippen molar-refractivity contribution in [2.45, 2.75) is 44.6 Å². The van der Waals surface area contributed by atoms with Gasteiger partial charge in [-0.25, -0.2) is 0 Å². The smallest absolute Gasteiger partial charge is 0.122 e. The van der Waals surface area contributed by atoms with Gasteiger partial charge >= 0.3 is 0 Å². The molecule has 2 atom stereocenters. The zero-order valence-corrected chi connectivity index (χ0v) is 11.2. The first-order chi connectivity index (χ1) is 8.84. The van der Waals surface area contributed by atoms with Gasteiger partial charge in [-0.1, -0.05) is 31.0 Å². The molecule has 1 aliphatic heterocycles. The number of rotatable bonds is 4. The molecule has 0 saturated heterocycles. The molecule has 0 bridgehead atoms. The lowest BCUT2D eigenvalue weighted by molar-refractivity contribution is 0.311. The SMILES string of the molecule is C[C@@H](NCC1COc2ccccc21)C1CCCC1. The van der Waals surface area contributed by atoms with E-state index in [1.807, 2.05) is 0 Å². The van der Waals surface area contributed by atoms with Gasteiger partial charge in [-0.05, 0) is 31.7 Å². The van der Waals surface area contributed by atoms with Gasteiger partial charge in [-0.3, -0.25) is 0 Å². The fourth-order valence-corrected chi connectivity index (χ4v) is 3.35. The van der Waals surface area contributed by atoms with Crippen LogP contribution in [-0.2, 0) is 0 Å². The summed E-state index contributed by atoms with van der Waals surface area (Å²) in [6.07, 6.45) is 5.66. The monoisotopic (exact) mass is 245 g/mol. The Bertz CT molecular complexity index is 398. The summed E-state index contributed by atoms with van der Waals surface area (Å²) in [4.78, 5) is 0. The van der Waals surface area contributed by atoms with E-state index >= 15 is 0 Å². The summed E-state index contributed by atoms with van der Waals surface area (Å²) in [5.74, 6) is 2.51. The van der Waals surface area contributed by atoms with Crippen LogP contribution in [0.4, 0.5) is 0 Å². The molecule has 1 saturated carbocycles. The van der Waals surface area contributed by atoms with Gasteiger partial charge in [0.2, 0.25) is 0 Å². The second kappa shape index (κ2) is 5.31. The van der Waals surface area contributed by atoms with Crippen LogP contribution in [0.15, 0.2) is 24.3 Å². The summed E-state index contributed by atoms with van der Waals surface area (Å²) in [6.45, 7) is 4.23. The van der Waals surface area contributed by atoms with Gasteiger partial charge in [0.25, 0.3) is 0 Å². The highest BCUT2D eigenvalue weighted by Crippen LogP contribution is 2.33. The maximum Gasteiger partial charge on any atom is 0.122 e. The molecular formula is C16H23NO. The molecule has 3 rings (SSSR count). The van der Waals surface area contributed by atoms with Gasteiger partial charge in [0, 0.05) is 24.1 Å². The van der Waals surface area contributed by atoms with E-state index in [2.05, 4.69) is 36.5 Å². The fourth-order valence-electron chi connectivity index (χ4n) is 3.35. The average molecular weight is 245 g/mol. The Kier molecular flexibility index (Phi) is 3.55. The molecular weight excluding hydrogens is 222 g/mol. The minimum atomic E-state index is 0.532. The van der Waals surface area contributed by atoms with Crippen LogP contribution >= 0.6 is 0 Å². The van der Waals surface area contributed by atoms with Crippen LogP contribution in [0.3, 0.4) is 0 Å². The normalized spacial score (nSPS) is 24.8. The first-order valence-corrected chi connectivity index (χ1v) is 7.29. The highest BCUT2D eigenvalue weighted by atomic mass is 16.5. The summed E-state index contributed by atoms with van der Waals surface area (Å²) >= 11 is 0. The van der Waals surface area contributed by atoms with Gasteiger partial charge < -0.3 is 10.1 Å². The predicted molar refractivity (Wildman–Crippen MR) is 74.1 cm³/mol. The maximum absolute atomic E-state index is 5.73. The van der Waals surface area contributed by atoms with E-state index in [1.54, 1.807) is 0 Å². The van der Waals surface area contributed by atoms with Crippen LogP contribution < -0.4 is 10.1 Å². The van der Waals surface area contributed by atoms with Crippen LogP contribution in [0.1, 0.15) is 44.1 Å². The predicted octanol–water partition coefficient (Wildman–Crippen LogP) is 3.33. The van der Waals surface area contributed by atoms with Crippen molar-refractivity contribution >= 4 is 0 Å². The Hall–Kier alpha value is -1.02. The van der Waals surface area contributed by atoms with Crippen molar-refractivity contribution < 1.29 is 4.74 Å². The largest absolute Gasteiger partial charge is 0.493 e. The number of hydrogen-bond acceptors (Lipinski definition) is 2. The zero-order valence-electron chi connectivity index (χ0n) is 11.2. The lowest BCUT2D eigenvalue weighted by Crippen LogP contribution is -2.35. The summed E-state index contributed by atoms with van der Waals surface area (Å²) in [7, 11) is 0. The third-order valence-electron chi connectivity index (χ3n) is 4.59. The fraction of sp³-hybridized carbons (Fsp3) is 0.625. The van der Waals surface area contributed by atoms with Crippen LogP contribution in [0, 0.1) is 5.92 Å². The molecule has 2 aliphatic rings. The highest BCUT2D eigenvalue weighted by Gasteiger charge is 2.26. The van der Waals surface area contributed by atoms with E-state index < -0.39 is 0 Å². The Labute approximate surface area is 110 Å². The molecule has 0 radical (unpaired) electrons. The lowest BCUT2D eigenvalue weighted by Gasteiger charge is -2.22. The molecule has 0 aromatic heterocycles. The number of ether oxygens (including phenoxy) is 1. The van der Waals surface area contributed by atoms with E-state index in [0.29, 0.717) is 12.0 Å². The molecule has 1 unspecified atom stereocenters. The van der Waals surface area contributed by atoms with Gasteiger partial charge in [0.05, 0.1) is 6.61 Å². The second-order valence-electron chi connectivity index (χ2n) is 5.79. The number of nitrogens with one attached hydrogen (secondary N) is 1. The zero-order chi connectivity index (χ0) is 12.4. The molecule has 1 aliphatic carbocycles. The third kappa shape index (κ3) is 2.39. The summed E-state index contributed by atoms with van der Waals surface area (Å²) in [5.41, 5.74) is 1.38. The molecule has 1 heterocycles. The Morgan fingerprint density at radius 3 is 2.89 bits per heavy atom. The van der Waals surface area contributed by atoms with Gasteiger partial charge in [0.1, 0.15) is 5.75 Å². The molecule has 18 heavy (non-hydrogen) atoms. The van der Waals surface area contributed by atoms with Gasteiger partial charge in [-0.15, -0.1) is 0 Å². The molecule has 1 N–H and O–H groups in total. The molecule has 1 aromatic carbocycles. The van der Waals surface area contributed by atoms with Crippen molar-refractivity contribution in [2.75, 3.05) is 13.2 Å². The van der Waals surface area contributed by atoms with Crippen LogP contribution in [-0.4, -0.2) is 19.2 Å². The van der Waals surface area contributed by atoms with E-state index in [4.69, 9.17) is 4.74 Å². The number of benzene rings is 1. The first-order valence-electron chi connectivity index (χ1n) is 7.29. The molecule has 1 fully saturated rings. The highest BCUT2D eigenvalue weighted by molar-refractivity contribution is 5.39. The second-order valence-corrected chi connectivity index (χ2v) is 5.79. The van der Waals surface area contributed by atoms with E-state index in [-0.39, 0.29) is 0 Å². The van der Waals surface area contributed by atoms with E-state index in [9.17, 15) is 0 Å². The average Bonchev–Trinajstić information content (AvgIpc) is 3.06. The first kappa shape index (κ1) is 12.0. The van der Waals surface area contributed by atoms with Crippen LogP contribution in [0.2, 0.25) is 0 Å². The Morgan fingerprint density at radius 2 is 2.06 bits per heavy atom.